The van der Waals surface area contributed by atoms with Gasteiger partial charge in [0.25, 0.3) is 0 Å². The molecule has 1 aromatic heterocycles. The lowest BCUT2D eigenvalue weighted by Gasteiger charge is -2.11. The zero-order valence-electron chi connectivity index (χ0n) is 10.4. The van der Waals surface area contributed by atoms with Gasteiger partial charge in [-0.2, -0.15) is 0 Å². The summed E-state index contributed by atoms with van der Waals surface area (Å²) in [7, 11) is -3.15. The third-order valence-electron chi connectivity index (χ3n) is 2.60. The highest BCUT2D eigenvalue weighted by atomic mass is 32.2. The second kappa shape index (κ2) is 5.81. The van der Waals surface area contributed by atoms with Gasteiger partial charge in [-0.1, -0.05) is 0 Å². The minimum atomic E-state index is -3.15. The van der Waals surface area contributed by atoms with Crippen molar-refractivity contribution in [3.63, 3.8) is 0 Å². The van der Waals surface area contributed by atoms with Gasteiger partial charge in [-0.15, -0.1) is 11.8 Å². The van der Waals surface area contributed by atoms with E-state index in [9.17, 15) is 8.42 Å². The van der Waals surface area contributed by atoms with Crippen LogP contribution in [-0.4, -0.2) is 21.2 Å². The Bertz CT molecular complexity index is 618. The molecule has 0 spiro atoms. The molecule has 0 bridgehead atoms. The van der Waals surface area contributed by atoms with Crippen LogP contribution in [0.5, 0.6) is 0 Å². The molecule has 2 aromatic rings. The largest absolute Gasteiger partial charge is 0.468 e. The molecule has 4 nitrogen and oxygen atoms in total. The molecule has 19 heavy (non-hydrogen) atoms. The van der Waals surface area contributed by atoms with E-state index < -0.39 is 9.84 Å². The molecule has 0 aliphatic heterocycles. The van der Waals surface area contributed by atoms with Gasteiger partial charge >= 0.3 is 0 Å². The maximum Gasteiger partial charge on any atom is 0.175 e. The zero-order chi connectivity index (χ0) is 13.9. The van der Waals surface area contributed by atoms with Gasteiger partial charge in [-0.05, 0) is 36.4 Å². The van der Waals surface area contributed by atoms with Crippen LogP contribution >= 0.6 is 11.8 Å². The van der Waals surface area contributed by atoms with Crippen molar-refractivity contribution in [2.24, 2.45) is 5.73 Å². The van der Waals surface area contributed by atoms with E-state index in [4.69, 9.17) is 10.2 Å². The van der Waals surface area contributed by atoms with Gasteiger partial charge in [0.15, 0.2) is 9.84 Å². The highest BCUT2D eigenvalue weighted by Crippen LogP contribution is 2.34. The third kappa shape index (κ3) is 3.62. The lowest BCUT2D eigenvalue weighted by Crippen LogP contribution is -2.08. The summed E-state index contributed by atoms with van der Waals surface area (Å²) in [6.07, 6.45) is 2.81. The number of nitrogens with two attached hydrogens (primary N) is 1. The molecule has 0 saturated carbocycles. The molecule has 0 saturated heterocycles. The molecule has 1 heterocycles. The van der Waals surface area contributed by atoms with E-state index >= 15 is 0 Å². The molecule has 102 valence electrons. The van der Waals surface area contributed by atoms with Gasteiger partial charge in [-0.25, -0.2) is 8.42 Å². The van der Waals surface area contributed by atoms with Crippen LogP contribution in [0.1, 0.15) is 11.0 Å². The Balaban J connectivity index is 2.15. The van der Waals surface area contributed by atoms with Crippen molar-refractivity contribution >= 4 is 21.6 Å². The number of hydrogen-bond donors (Lipinski definition) is 1. The average Bonchev–Trinajstić information content (AvgIpc) is 2.89. The zero-order valence-corrected chi connectivity index (χ0v) is 12.1. The first-order valence-corrected chi connectivity index (χ1v) is 8.48. The fourth-order valence-corrected chi connectivity index (χ4v) is 3.23. The SMILES string of the molecule is CS(=O)(=O)c1ccc(SC(CN)c2ccco2)cc1. The van der Waals surface area contributed by atoms with Crippen LogP contribution in [0.4, 0.5) is 0 Å². The molecule has 0 aliphatic carbocycles. The van der Waals surface area contributed by atoms with Crippen LogP contribution in [0.2, 0.25) is 0 Å². The van der Waals surface area contributed by atoms with E-state index in [1.54, 1.807) is 42.3 Å². The van der Waals surface area contributed by atoms with Crippen molar-refractivity contribution in [2.75, 3.05) is 12.8 Å². The molecule has 0 radical (unpaired) electrons. The van der Waals surface area contributed by atoms with Gasteiger partial charge < -0.3 is 10.2 Å². The summed E-state index contributed by atoms with van der Waals surface area (Å²) < 4.78 is 28.1. The van der Waals surface area contributed by atoms with Gasteiger partial charge in [0.2, 0.25) is 0 Å². The van der Waals surface area contributed by atoms with E-state index in [0.717, 1.165) is 10.7 Å². The van der Waals surface area contributed by atoms with Crippen LogP contribution in [0, 0.1) is 0 Å². The first-order chi connectivity index (χ1) is 9.00. The Morgan fingerprint density at radius 3 is 2.42 bits per heavy atom. The van der Waals surface area contributed by atoms with E-state index in [1.807, 2.05) is 12.1 Å². The second-order valence-corrected chi connectivity index (χ2v) is 7.39. The summed E-state index contributed by atoms with van der Waals surface area (Å²) in [4.78, 5) is 1.28. The van der Waals surface area contributed by atoms with Gasteiger partial charge in [0, 0.05) is 17.7 Å². The summed E-state index contributed by atoms with van der Waals surface area (Å²) in [5, 5.41) is 0.0269. The van der Waals surface area contributed by atoms with Crippen LogP contribution in [0.25, 0.3) is 0 Å². The maximum atomic E-state index is 11.4. The first-order valence-electron chi connectivity index (χ1n) is 5.71. The standard InChI is InChI=1S/C13H15NO3S2/c1-19(15,16)11-6-4-10(5-7-11)18-13(9-14)12-3-2-8-17-12/h2-8,13H,9,14H2,1H3. The predicted octanol–water partition coefficient (Wildman–Crippen LogP) is 2.48. The Hall–Kier alpha value is -1.24. The Labute approximate surface area is 116 Å². The van der Waals surface area contributed by atoms with E-state index in [1.165, 1.54) is 6.26 Å². The third-order valence-corrected chi connectivity index (χ3v) is 4.99. The van der Waals surface area contributed by atoms with E-state index in [2.05, 4.69) is 0 Å². The van der Waals surface area contributed by atoms with Crippen molar-refractivity contribution in [2.45, 2.75) is 15.0 Å². The summed E-state index contributed by atoms with van der Waals surface area (Å²) in [5.41, 5.74) is 5.73. The highest BCUT2D eigenvalue weighted by Gasteiger charge is 2.14. The van der Waals surface area contributed by atoms with Crippen molar-refractivity contribution < 1.29 is 12.8 Å². The molecule has 1 unspecified atom stereocenters. The first kappa shape index (κ1) is 14.2. The monoisotopic (exact) mass is 297 g/mol. The maximum absolute atomic E-state index is 11.4. The van der Waals surface area contributed by atoms with E-state index in [-0.39, 0.29) is 5.25 Å². The second-order valence-electron chi connectivity index (χ2n) is 4.10. The normalized spacial score (nSPS) is 13.4. The van der Waals surface area contributed by atoms with Crippen molar-refractivity contribution in [3.8, 4) is 0 Å². The number of benzene rings is 1. The number of furan rings is 1. The molecule has 0 aliphatic rings. The smallest absolute Gasteiger partial charge is 0.175 e. The fourth-order valence-electron chi connectivity index (χ4n) is 1.63. The summed E-state index contributed by atoms with van der Waals surface area (Å²) in [6.45, 7) is 0.450. The molecule has 1 aromatic carbocycles. The average molecular weight is 297 g/mol. The van der Waals surface area contributed by atoms with Gasteiger partial charge in [0.1, 0.15) is 5.76 Å². The summed E-state index contributed by atoms with van der Waals surface area (Å²) in [5.74, 6) is 0.819. The topological polar surface area (TPSA) is 73.3 Å². The van der Waals surface area contributed by atoms with Crippen molar-refractivity contribution in [1.82, 2.24) is 0 Å². The Kier molecular flexibility index (Phi) is 4.34. The molecule has 2 N–H and O–H groups in total. The fraction of sp³-hybridized carbons (Fsp3) is 0.231. The number of rotatable bonds is 5. The van der Waals surface area contributed by atoms with E-state index in [0.29, 0.717) is 11.4 Å². The highest BCUT2D eigenvalue weighted by molar-refractivity contribution is 7.99. The number of hydrogen-bond acceptors (Lipinski definition) is 5. The quantitative estimate of drug-likeness (QED) is 0.858. The number of thioether (sulfide) groups is 1. The van der Waals surface area contributed by atoms with Crippen molar-refractivity contribution in [3.05, 3.63) is 48.4 Å². The molecular formula is C13H15NO3S2. The summed E-state index contributed by atoms with van der Waals surface area (Å²) >= 11 is 1.55. The lowest BCUT2D eigenvalue weighted by atomic mass is 10.3. The summed E-state index contributed by atoms with van der Waals surface area (Å²) in [6, 6.07) is 10.5. The molecule has 1 atom stereocenters. The van der Waals surface area contributed by atoms with Crippen LogP contribution in [-0.2, 0) is 9.84 Å². The molecule has 2 rings (SSSR count). The van der Waals surface area contributed by atoms with Crippen LogP contribution in [0.3, 0.4) is 0 Å². The minimum absolute atomic E-state index is 0.0269. The van der Waals surface area contributed by atoms with Crippen LogP contribution < -0.4 is 5.73 Å². The molecule has 6 heteroatoms. The van der Waals surface area contributed by atoms with Gasteiger partial charge in [0.05, 0.1) is 16.4 Å². The Morgan fingerprint density at radius 1 is 1.26 bits per heavy atom. The molecular weight excluding hydrogens is 282 g/mol. The lowest BCUT2D eigenvalue weighted by molar-refractivity contribution is 0.507. The van der Waals surface area contributed by atoms with Crippen molar-refractivity contribution in [1.29, 1.82) is 0 Å². The molecule has 0 amide bonds. The van der Waals surface area contributed by atoms with Gasteiger partial charge in [-0.3, -0.25) is 0 Å². The van der Waals surface area contributed by atoms with Crippen LogP contribution in [0.15, 0.2) is 56.9 Å². The molecule has 0 fully saturated rings. The minimum Gasteiger partial charge on any atom is -0.468 e. The predicted molar refractivity (Wildman–Crippen MR) is 75.9 cm³/mol. The number of sulfone groups is 1. The Morgan fingerprint density at radius 2 is 1.95 bits per heavy atom.